The highest BCUT2D eigenvalue weighted by molar-refractivity contribution is 5.76. The topological polar surface area (TPSA) is 49.6 Å². The molecule has 0 spiro atoms. The van der Waals surface area contributed by atoms with E-state index in [1.165, 1.54) is 0 Å². The van der Waals surface area contributed by atoms with E-state index in [0.717, 1.165) is 32.4 Å². The summed E-state index contributed by atoms with van der Waals surface area (Å²) in [6, 6.07) is 0.630. The van der Waals surface area contributed by atoms with Crippen molar-refractivity contribution in [3.8, 4) is 0 Å². The van der Waals surface area contributed by atoms with E-state index in [-0.39, 0.29) is 11.4 Å². The Balaban J connectivity index is 2.31. The van der Waals surface area contributed by atoms with Gasteiger partial charge in [-0.3, -0.25) is 4.79 Å². The standard InChI is InChI=1S/C13H27N3O/c1-13(2,14)8-5-12(17)16-9-6-11(7-10-16)15(3)4/h11H,5-10,14H2,1-4H3. The molecular weight excluding hydrogens is 214 g/mol. The minimum atomic E-state index is -0.238. The summed E-state index contributed by atoms with van der Waals surface area (Å²) < 4.78 is 0. The molecule has 1 saturated heterocycles. The molecule has 1 fully saturated rings. The molecule has 4 heteroatoms. The molecule has 17 heavy (non-hydrogen) atoms. The van der Waals surface area contributed by atoms with Gasteiger partial charge in [0.25, 0.3) is 0 Å². The van der Waals surface area contributed by atoms with Gasteiger partial charge in [0.2, 0.25) is 5.91 Å². The maximum absolute atomic E-state index is 12.0. The SMILES string of the molecule is CN(C)C1CCN(C(=O)CCC(C)(C)N)CC1. The summed E-state index contributed by atoms with van der Waals surface area (Å²) in [5.41, 5.74) is 5.66. The van der Waals surface area contributed by atoms with Crippen LogP contribution in [-0.4, -0.2) is 54.5 Å². The molecule has 1 aliphatic rings. The number of carbonyl (C=O) groups is 1. The van der Waals surface area contributed by atoms with Crippen molar-refractivity contribution in [1.29, 1.82) is 0 Å². The van der Waals surface area contributed by atoms with E-state index in [2.05, 4.69) is 19.0 Å². The van der Waals surface area contributed by atoms with Crippen LogP contribution in [0.3, 0.4) is 0 Å². The molecule has 0 atom stereocenters. The van der Waals surface area contributed by atoms with Gasteiger partial charge < -0.3 is 15.5 Å². The first-order valence-electron chi connectivity index (χ1n) is 6.53. The zero-order valence-corrected chi connectivity index (χ0v) is 11.7. The number of hydrogen-bond acceptors (Lipinski definition) is 3. The fourth-order valence-corrected chi connectivity index (χ4v) is 2.22. The quantitative estimate of drug-likeness (QED) is 0.800. The number of nitrogens with zero attached hydrogens (tertiary/aromatic N) is 2. The van der Waals surface area contributed by atoms with E-state index in [1.807, 2.05) is 18.7 Å². The third-order valence-corrected chi connectivity index (χ3v) is 3.53. The van der Waals surface area contributed by atoms with Crippen LogP contribution in [0.4, 0.5) is 0 Å². The molecule has 0 aromatic rings. The number of likely N-dealkylation sites (tertiary alicyclic amines) is 1. The molecule has 0 aromatic carbocycles. The minimum absolute atomic E-state index is 0.238. The van der Waals surface area contributed by atoms with E-state index >= 15 is 0 Å². The maximum atomic E-state index is 12.0. The molecule has 0 aliphatic carbocycles. The summed E-state index contributed by atoms with van der Waals surface area (Å²) in [5, 5.41) is 0. The predicted octanol–water partition coefficient (Wildman–Crippen LogP) is 1.06. The van der Waals surface area contributed by atoms with Gasteiger partial charge in [0.05, 0.1) is 0 Å². The monoisotopic (exact) mass is 241 g/mol. The Morgan fingerprint density at radius 3 is 2.29 bits per heavy atom. The van der Waals surface area contributed by atoms with E-state index in [1.54, 1.807) is 0 Å². The van der Waals surface area contributed by atoms with Crippen molar-refractivity contribution in [3.63, 3.8) is 0 Å². The van der Waals surface area contributed by atoms with Crippen molar-refractivity contribution >= 4 is 5.91 Å². The Morgan fingerprint density at radius 1 is 1.35 bits per heavy atom. The van der Waals surface area contributed by atoms with Crippen LogP contribution in [0.5, 0.6) is 0 Å². The molecule has 1 rings (SSSR count). The number of hydrogen-bond donors (Lipinski definition) is 1. The lowest BCUT2D eigenvalue weighted by molar-refractivity contribution is -0.133. The van der Waals surface area contributed by atoms with E-state index < -0.39 is 0 Å². The zero-order chi connectivity index (χ0) is 13.1. The average molecular weight is 241 g/mol. The molecule has 1 heterocycles. The summed E-state index contributed by atoms with van der Waals surface area (Å²) in [7, 11) is 4.22. The van der Waals surface area contributed by atoms with Crippen molar-refractivity contribution in [1.82, 2.24) is 9.80 Å². The highest BCUT2D eigenvalue weighted by atomic mass is 16.2. The molecule has 0 saturated carbocycles. The number of amides is 1. The van der Waals surface area contributed by atoms with Crippen LogP contribution in [-0.2, 0) is 4.79 Å². The van der Waals surface area contributed by atoms with Crippen LogP contribution in [0.25, 0.3) is 0 Å². The third kappa shape index (κ3) is 5.04. The molecule has 0 radical (unpaired) electrons. The van der Waals surface area contributed by atoms with Gasteiger partial charge >= 0.3 is 0 Å². The number of nitrogens with two attached hydrogens (primary N) is 1. The predicted molar refractivity (Wildman–Crippen MR) is 70.8 cm³/mol. The summed E-state index contributed by atoms with van der Waals surface area (Å²) in [4.78, 5) is 16.2. The van der Waals surface area contributed by atoms with E-state index in [0.29, 0.717) is 12.5 Å². The number of piperidine rings is 1. The second kappa shape index (κ2) is 5.83. The smallest absolute Gasteiger partial charge is 0.222 e. The largest absolute Gasteiger partial charge is 0.343 e. The van der Waals surface area contributed by atoms with Crippen molar-refractivity contribution in [2.75, 3.05) is 27.2 Å². The Morgan fingerprint density at radius 2 is 1.88 bits per heavy atom. The van der Waals surface area contributed by atoms with Crippen LogP contribution in [0, 0.1) is 0 Å². The van der Waals surface area contributed by atoms with Crippen molar-refractivity contribution in [3.05, 3.63) is 0 Å². The van der Waals surface area contributed by atoms with Crippen molar-refractivity contribution < 1.29 is 4.79 Å². The van der Waals surface area contributed by atoms with Gasteiger partial charge in [-0.15, -0.1) is 0 Å². The maximum Gasteiger partial charge on any atom is 0.222 e. The summed E-state index contributed by atoms with van der Waals surface area (Å²) in [5.74, 6) is 0.265. The average Bonchev–Trinajstić information content (AvgIpc) is 2.25. The molecule has 2 N–H and O–H groups in total. The highest BCUT2D eigenvalue weighted by Crippen LogP contribution is 2.16. The fraction of sp³-hybridized carbons (Fsp3) is 0.923. The fourth-order valence-electron chi connectivity index (χ4n) is 2.22. The van der Waals surface area contributed by atoms with Crippen LogP contribution in [0.15, 0.2) is 0 Å². The van der Waals surface area contributed by atoms with E-state index in [9.17, 15) is 4.79 Å². The Hall–Kier alpha value is -0.610. The van der Waals surface area contributed by atoms with Gasteiger partial charge in [0, 0.05) is 31.1 Å². The summed E-state index contributed by atoms with van der Waals surface area (Å²) in [6.45, 7) is 5.73. The normalized spacial score (nSPS) is 18.8. The summed E-state index contributed by atoms with van der Waals surface area (Å²) >= 11 is 0. The molecule has 0 unspecified atom stereocenters. The van der Waals surface area contributed by atoms with Crippen LogP contribution < -0.4 is 5.73 Å². The minimum Gasteiger partial charge on any atom is -0.343 e. The lowest BCUT2D eigenvalue weighted by Gasteiger charge is -2.35. The van der Waals surface area contributed by atoms with Gasteiger partial charge in [-0.2, -0.15) is 0 Å². The summed E-state index contributed by atoms with van der Waals surface area (Å²) in [6.07, 6.45) is 3.52. The molecule has 1 amide bonds. The van der Waals surface area contributed by atoms with Gasteiger partial charge in [-0.25, -0.2) is 0 Å². The third-order valence-electron chi connectivity index (χ3n) is 3.53. The molecule has 0 bridgehead atoms. The second-order valence-electron chi connectivity index (χ2n) is 6.06. The molecular formula is C13H27N3O. The Kier molecular flexibility index (Phi) is 4.95. The van der Waals surface area contributed by atoms with Gasteiger partial charge in [-0.1, -0.05) is 0 Å². The van der Waals surface area contributed by atoms with Crippen LogP contribution >= 0.6 is 0 Å². The van der Waals surface area contributed by atoms with Gasteiger partial charge in [-0.05, 0) is 47.2 Å². The molecule has 0 aromatic heterocycles. The van der Waals surface area contributed by atoms with Crippen LogP contribution in [0.2, 0.25) is 0 Å². The molecule has 4 nitrogen and oxygen atoms in total. The Bertz CT molecular complexity index is 250. The first-order chi connectivity index (χ1) is 7.79. The number of carbonyl (C=O) groups excluding carboxylic acids is 1. The van der Waals surface area contributed by atoms with Crippen molar-refractivity contribution in [2.24, 2.45) is 5.73 Å². The first-order valence-corrected chi connectivity index (χ1v) is 6.53. The zero-order valence-electron chi connectivity index (χ0n) is 11.7. The first kappa shape index (κ1) is 14.5. The lowest BCUT2D eigenvalue weighted by Crippen LogP contribution is -2.45. The highest BCUT2D eigenvalue weighted by Gasteiger charge is 2.24. The lowest BCUT2D eigenvalue weighted by atomic mass is 9.98. The molecule has 100 valence electrons. The second-order valence-corrected chi connectivity index (χ2v) is 6.06. The van der Waals surface area contributed by atoms with Gasteiger partial charge in [0.1, 0.15) is 0 Å². The molecule has 1 aliphatic heterocycles. The Labute approximate surface area is 105 Å². The van der Waals surface area contributed by atoms with Crippen LogP contribution in [0.1, 0.15) is 39.5 Å². The van der Waals surface area contributed by atoms with E-state index in [4.69, 9.17) is 5.73 Å². The van der Waals surface area contributed by atoms with Crippen molar-refractivity contribution in [2.45, 2.75) is 51.1 Å². The van der Waals surface area contributed by atoms with Gasteiger partial charge in [0.15, 0.2) is 0 Å². The number of rotatable bonds is 4.